The van der Waals surface area contributed by atoms with Gasteiger partial charge in [0, 0.05) is 18.2 Å². The summed E-state index contributed by atoms with van der Waals surface area (Å²) in [6.45, 7) is 0. The van der Waals surface area contributed by atoms with Gasteiger partial charge in [-0.25, -0.2) is 9.98 Å². The third-order valence-corrected chi connectivity index (χ3v) is 5.67. The van der Waals surface area contributed by atoms with Gasteiger partial charge in [-0.1, -0.05) is 48.6 Å². The molecule has 2 aromatic carbocycles. The van der Waals surface area contributed by atoms with Gasteiger partial charge >= 0.3 is 0 Å². The van der Waals surface area contributed by atoms with E-state index >= 15 is 0 Å². The second-order valence-corrected chi connectivity index (χ2v) is 7.52. The van der Waals surface area contributed by atoms with Gasteiger partial charge in [0.2, 0.25) is 11.8 Å². The third-order valence-electron chi connectivity index (χ3n) is 5.67. The summed E-state index contributed by atoms with van der Waals surface area (Å²) in [7, 11) is 1.83. The van der Waals surface area contributed by atoms with Gasteiger partial charge in [-0.2, -0.15) is 0 Å². The fourth-order valence-electron chi connectivity index (χ4n) is 4.25. The summed E-state index contributed by atoms with van der Waals surface area (Å²) in [5.74, 6) is 0.678. The lowest BCUT2D eigenvalue weighted by atomic mass is 9.98. The van der Waals surface area contributed by atoms with Crippen molar-refractivity contribution in [1.82, 2.24) is 9.55 Å². The van der Waals surface area contributed by atoms with Crippen LogP contribution in [0.15, 0.2) is 59.6 Å². The van der Waals surface area contributed by atoms with Crippen molar-refractivity contribution < 1.29 is 5.11 Å². The van der Waals surface area contributed by atoms with Crippen LogP contribution in [0.2, 0.25) is 0 Å². The lowest BCUT2D eigenvalue weighted by molar-refractivity contribution is 0.431. The predicted octanol–water partition coefficient (Wildman–Crippen LogP) is 1.97. The Morgan fingerprint density at radius 3 is 2.77 bits per heavy atom. The van der Waals surface area contributed by atoms with Crippen molar-refractivity contribution in [3.63, 3.8) is 0 Å². The van der Waals surface area contributed by atoms with Crippen molar-refractivity contribution in [3.05, 3.63) is 81.9 Å². The summed E-state index contributed by atoms with van der Waals surface area (Å²) in [5.41, 5.74) is 10.9. The number of fused-ring (bicyclic) bond motifs is 2. The smallest absolute Gasteiger partial charge is 0.219 e. The number of nitrogens with zero attached hydrogens (tertiary/aromatic N) is 3. The van der Waals surface area contributed by atoms with Crippen molar-refractivity contribution in [2.75, 3.05) is 0 Å². The van der Waals surface area contributed by atoms with Crippen LogP contribution in [0.3, 0.4) is 0 Å². The molecule has 2 aliphatic carbocycles. The lowest BCUT2D eigenvalue weighted by Crippen LogP contribution is -2.25. The number of benzene rings is 2. The SMILES string of the molecule is Cn1c(-c2ccccc2)nc(C2=c3cc4c(cc3CC2)=CC=CC4=NC(=N)N)c1O. The third kappa shape index (κ3) is 2.85. The monoisotopic (exact) mass is 395 g/mol. The zero-order valence-corrected chi connectivity index (χ0v) is 16.6. The van der Waals surface area contributed by atoms with Crippen LogP contribution in [0.5, 0.6) is 5.88 Å². The first kappa shape index (κ1) is 18.1. The minimum Gasteiger partial charge on any atom is -0.493 e. The van der Waals surface area contributed by atoms with Crippen LogP contribution in [0, 0.1) is 5.41 Å². The van der Waals surface area contributed by atoms with Gasteiger partial charge in [-0.05, 0) is 46.6 Å². The molecule has 6 nitrogen and oxygen atoms in total. The molecule has 2 aliphatic rings. The Hall–Kier alpha value is -3.93. The van der Waals surface area contributed by atoms with E-state index in [1.54, 1.807) is 4.57 Å². The first-order valence-electron chi connectivity index (χ1n) is 9.82. The fourth-order valence-corrected chi connectivity index (χ4v) is 4.25. The van der Waals surface area contributed by atoms with Crippen LogP contribution < -0.4 is 16.2 Å². The summed E-state index contributed by atoms with van der Waals surface area (Å²) in [6.07, 6.45) is 7.52. The minimum atomic E-state index is -0.220. The molecule has 3 aromatic rings. The summed E-state index contributed by atoms with van der Waals surface area (Å²) < 4.78 is 1.73. The highest BCUT2D eigenvalue weighted by molar-refractivity contribution is 6.14. The Kier molecular flexibility index (Phi) is 4.13. The maximum atomic E-state index is 10.9. The van der Waals surface area contributed by atoms with E-state index in [-0.39, 0.29) is 11.8 Å². The number of guanidine groups is 1. The molecule has 30 heavy (non-hydrogen) atoms. The lowest BCUT2D eigenvalue weighted by Gasteiger charge is -2.08. The molecule has 0 aliphatic heterocycles. The van der Waals surface area contributed by atoms with Crippen LogP contribution in [0.25, 0.3) is 23.0 Å². The second-order valence-electron chi connectivity index (χ2n) is 7.52. The number of allylic oxidation sites excluding steroid dienone is 2. The second kappa shape index (κ2) is 6.84. The Bertz CT molecular complexity index is 1380. The number of nitrogens with two attached hydrogens (primary N) is 1. The van der Waals surface area contributed by atoms with E-state index < -0.39 is 0 Å². The molecule has 1 aromatic heterocycles. The maximum absolute atomic E-state index is 10.9. The first-order valence-corrected chi connectivity index (χ1v) is 9.82. The minimum absolute atomic E-state index is 0.165. The molecule has 0 amide bonds. The highest BCUT2D eigenvalue weighted by Crippen LogP contribution is 2.32. The summed E-state index contributed by atoms with van der Waals surface area (Å²) in [6, 6.07) is 14.1. The molecule has 0 fully saturated rings. The van der Waals surface area contributed by atoms with Crippen LogP contribution in [0.1, 0.15) is 23.2 Å². The van der Waals surface area contributed by atoms with Crippen LogP contribution in [0.4, 0.5) is 0 Å². The van der Waals surface area contributed by atoms with Gasteiger partial charge in [0.15, 0.2) is 0 Å². The summed E-state index contributed by atoms with van der Waals surface area (Å²) in [5, 5.41) is 20.5. The standard InChI is InChI=1S/C24H21N5O/c1-29-22(14-6-3-2-4-7-14)28-21(23(29)30)17-11-10-16-12-15-8-5-9-20(27-24(25)26)19(15)13-18(16)17/h2-9,12-13,30H,10-11H2,1H3,(H3,25,26). The molecule has 0 unspecified atom stereocenters. The van der Waals surface area contributed by atoms with Crippen molar-refractivity contribution in [1.29, 1.82) is 5.41 Å². The quantitative estimate of drug-likeness (QED) is 0.457. The van der Waals surface area contributed by atoms with E-state index in [0.717, 1.165) is 45.8 Å². The number of aromatic nitrogens is 2. The zero-order valence-electron chi connectivity index (χ0n) is 16.6. The molecule has 1 heterocycles. The molecule has 0 spiro atoms. The van der Waals surface area contributed by atoms with Crippen molar-refractivity contribution in [2.45, 2.75) is 12.8 Å². The van der Waals surface area contributed by atoms with Gasteiger partial charge in [-0.15, -0.1) is 0 Å². The Morgan fingerprint density at radius 1 is 1.20 bits per heavy atom. The van der Waals surface area contributed by atoms with E-state index in [1.165, 1.54) is 5.56 Å². The highest BCUT2D eigenvalue weighted by atomic mass is 16.3. The molecule has 4 N–H and O–H groups in total. The molecule has 6 heteroatoms. The Balaban J connectivity index is 1.73. The zero-order chi connectivity index (χ0) is 20.8. The number of rotatable bonds is 2. The number of hydrogen-bond donors (Lipinski definition) is 3. The van der Waals surface area contributed by atoms with E-state index in [2.05, 4.69) is 17.1 Å². The predicted molar refractivity (Wildman–Crippen MR) is 119 cm³/mol. The molecule has 0 saturated heterocycles. The number of aromatic hydroxyl groups is 1. The highest BCUT2D eigenvalue weighted by Gasteiger charge is 2.23. The van der Waals surface area contributed by atoms with E-state index in [4.69, 9.17) is 16.1 Å². The number of imidazole rings is 1. The fraction of sp³-hybridized carbons (Fsp3) is 0.125. The first-order chi connectivity index (χ1) is 14.5. The molecular weight excluding hydrogens is 374 g/mol. The molecule has 5 rings (SSSR count). The number of aryl methyl sites for hydroxylation is 1. The average Bonchev–Trinajstić information content (AvgIpc) is 3.28. The molecule has 0 atom stereocenters. The number of nitrogens with one attached hydrogen (secondary N) is 1. The van der Waals surface area contributed by atoms with Crippen LogP contribution in [-0.4, -0.2) is 26.3 Å². The Labute approximate surface area is 173 Å². The Morgan fingerprint density at radius 2 is 2.00 bits per heavy atom. The largest absolute Gasteiger partial charge is 0.493 e. The normalized spacial score (nSPS) is 15.8. The molecule has 0 saturated carbocycles. The van der Waals surface area contributed by atoms with Crippen molar-refractivity contribution >= 4 is 23.3 Å². The van der Waals surface area contributed by atoms with E-state index in [0.29, 0.717) is 11.4 Å². The van der Waals surface area contributed by atoms with Gasteiger partial charge in [0.05, 0.1) is 5.71 Å². The molecule has 0 radical (unpaired) electrons. The van der Waals surface area contributed by atoms with Gasteiger partial charge in [-0.3, -0.25) is 9.98 Å². The van der Waals surface area contributed by atoms with E-state index in [9.17, 15) is 5.11 Å². The van der Waals surface area contributed by atoms with Gasteiger partial charge in [0.1, 0.15) is 11.5 Å². The van der Waals surface area contributed by atoms with Crippen molar-refractivity contribution in [3.8, 4) is 17.3 Å². The number of hydrogen-bond acceptors (Lipinski definition) is 3. The van der Waals surface area contributed by atoms with Crippen LogP contribution >= 0.6 is 0 Å². The number of aliphatic imine (C=N–C) groups is 1. The molecular formula is C24H21N5O. The van der Waals surface area contributed by atoms with E-state index in [1.807, 2.05) is 55.6 Å². The summed E-state index contributed by atoms with van der Waals surface area (Å²) >= 11 is 0. The average molecular weight is 395 g/mol. The van der Waals surface area contributed by atoms with Gasteiger partial charge in [0.25, 0.3) is 0 Å². The topological polar surface area (TPSA) is 100 Å². The molecule has 0 bridgehead atoms. The van der Waals surface area contributed by atoms with Gasteiger partial charge < -0.3 is 10.8 Å². The molecule has 148 valence electrons. The maximum Gasteiger partial charge on any atom is 0.219 e. The summed E-state index contributed by atoms with van der Waals surface area (Å²) in [4.78, 5) is 8.98. The van der Waals surface area contributed by atoms with Crippen molar-refractivity contribution in [2.24, 2.45) is 17.8 Å². The van der Waals surface area contributed by atoms with Crippen LogP contribution in [-0.2, 0) is 13.5 Å².